The Hall–Kier alpha value is 0.0700. The van der Waals surface area contributed by atoms with E-state index < -0.39 is 7.82 Å². The first-order valence-electron chi connectivity index (χ1n) is 3.92. The van der Waals surface area contributed by atoms with Crippen molar-refractivity contribution >= 4 is 7.82 Å². The summed E-state index contributed by atoms with van der Waals surface area (Å²) < 4.78 is 19.3. The van der Waals surface area contributed by atoms with Crippen molar-refractivity contribution in [3.05, 3.63) is 0 Å². The topological polar surface area (TPSA) is 58.6 Å². The van der Waals surface area contributed by atoms with Crippen LogP contribution in [-0.2, 0) is 13.6 Å². The lowest BCUT2D eigenvalue weighted by molar-refractivity contribution is -0.849. The van der Waals surface area contributed by atoms with Crippen LogP contribution in [-0.4, -0.2) is 46.4 Å². The molecule has 0 spiro atoms. The minimum atomic E-state index is -3.92. The van der Waals surface area contributed by atoms with Crippen LogP contribution in [0, 0.1) is 0 Å². The highest BCUT2D eigenvalue weighted by atomic mass is 31.2. The van der Waals surface area contributed by atoms with Gasteiger partial charge in [0.25, 0.3) is 7.82 Å². The van der Waals surface area contributed by atoms with Crippen LogP contribution < -0.4 is 4.89 Å². The average Bonchev–Trinajstić information content (AvgIpc) is 1.84. The molecule has 0 aromatic carbocycles. The van der Waals surface area contributed by atoms with Crippen molar-refractivity contribution in [1.82, 2.24) is 0 Å². The van der Waals surface area contributed by atoms with Crippen molar-refractivity contribution in [2.24, 2.45) is 0 Å². The maximum absolute atomic E-state index is 10.2. The number of hydrogen-bond donors (Lipinski definition) is 0. The third-order valence-corrected chi connectivity index (χ3v) is 1.53. The standard InChI is InChI=1S/C4H12N.C3H9O4P/c1-5(2,3)4;1-3-7-8(4,5)6-2/h1-4H3;3H2,1-2H3,(H,4,5)/q+1;/p-1. The van der Waals surface area contributed by atoms with E-state index in [2.05, 4.69) is 37.2 Å². The summed E-state index contributed by atoms with van der Waals surface area (Å²) in [5.74, 6) is 0. The second-order valence-electron chi connectivity index (χ2n) is 3.73. The van der Waals surface area contributed by atoms with Crippen LogP contribution in [0.1, 0.15) is 6.92 Å². The second-order valence-corrected chi connectivity index (χ2v) is 5.25. The van der Waals surface area contributed by atoms with E-state index in [1.54, 1.807) is 6.92 Å². The van der Waals surface area contributed by atoms with E-state index in [1.165, 1.54) is 0 Å². The predicted octanol–water partition coefficient (Wildman–Crippen LogP) is 0.460. The minimum Gasteiger partial charge on any atom is -0.756 e. The highest BCUT2D eigenvalue weighted by Crippen LogP contribution is 2.36. The molecule has 0 rings (SSSR count). The minimum absolute atomic E-state index is 0.120. The summed E-state index contributed by atoms with van der Waals surface area (Å²) in [5, 5.41) is 0. The van der Waals surface area contributed by atoms with Gasteiger partial charge < -0.3 is 18.4 Å². The van der Waals surface area contributed by atoms with Crippen molar-refractivity contribution in [3.8, 4) is 0 Å². The van der Waals surface area contributed by atoms with E-state index in [0.717, 1.165) is 11.6 Å². The molecular formula is C7H20NO4P. The Labute approximate surface area is 80.5 Å². The zero-order valence-corrected chi connectivity index (χ0v) is 10.1. The fraction of sp³-hybridized carbons (Fsp3) is 1.00. The highest BCUT2D eigenvalue weighted by Gasteiger charge is 2.01. The van der Waals surface area contributed by atoms with E-state index in [4.69, 9.17) is 0 Å². The summed E-state index contributed by atoms with van der Waals surface area (Å²) in [6.45, 7) is 1.69. The molecule has 0 aromatic heterocycles. The third kappa shape index (κ3) is 24.5. The van der Waals surface area contributed by atoms with Gasteiger partial charge in [-0.1, -0.05) is 0 Å². The Morgan fingerprint density at radius 3 is 1.69 bits per heavy atom. The first-order chi connectivity index (χ1) is 5.62. The largest absolute Gasteiger partial charge is 0.756 e. The maximum atomic E-state index is 10.2. The number of hydrogen-bond acceptors (Lipinski definition) is 4. The van der Waals surface area contributed by atoms with Gasteiger partial charge in [-0.15, -0.1) is 0 Å². The molecule has 1 atom stereocenters. The molecule has 0 amide bonds. The number of phosphoric ester groups is 1. The summed E-state index contributed by atoms with van der Waals surface area (Å²) >= 11 is 0. The molecule has 13 heavy (non-hydrogen) atoms. The summed E-state index contributed by atoms with van der Waals surface area (Å²) in [6.07, 6.45) is 0. The maximum Gasteiger partial charge on any atom is 0.267 e. The van der Waals surface area contributed by atoms with Crippen LogP contribution in [0.3, 0.4) is 0 Å². The van der Waals surface area contributed by atoms with E-state index in [1.807, 2.05) is 0 Å². The lowest BCUT2D eigenvalue weighted by Crippen LogP contribution is -2.27. The Kier molecular flexibility index (Phi) is 7.78. The van der Waals surface area contributed by atoms with Crippen LogP contribution in [0.5, 0.6) is 0 Å². The fourth-order valence-corrected chi connectivity index (χ4v) is 0.632. The molecule has 1 unspecified atom stereocenters. The monoisotopic (exact) mass is 213 g/mol. The molecule has 0 radical (unpaired) electrons. The van der Waals surface area contributed by atoms with Crippen LogP contribution in [0.15, 0.2) is 0 Å². The SMILES string of the molecule is CCOP(=O)([O-])OC.C[N+](C)(C)C. The molecule has 0 heterocycles. The van der Waals surface area contributed by atoms with Crippen LogP contribution in [0.25, 0.3) is 0 Å². The molecule has 0 aliphatic rings. The van der Waals surface area contributed by atoms with Gasteiger partial charge in [-0.25, -0.2) is 0 Å². The molecular weight excluding hydrogens is 193 g/mol. The van der Waals surface area contributed by atoms with Gasteiger partial charge in [0, 0.05) is 7.11 Å². The summed E-state index contributed by atoms with van der Waals surface area (Å²) in [4.78, 5) is 10.2. The highest BCUT2D eigenvalue weighted by molar-refractivity contribution is 7.45. The zero-order chi connectivity index (χ0) is 11.1. The Balaban J connectivity index is 0. The van der Waals surface area contributed by atoms with Crippen molar-refractivity contribution in [3.63, 3.8) is 0 Å². The van der Waals surface area contributed by atoms with E-state index >= 15 is 0 Å². The Morgan fingerprint density at radius 1 is 1.31 bits per heavy atom. The molecule has 5 nitrogen and oxygen atoms in total. The number of quaternary nitrogens is 1. The van der Waals surface area contributed by atoms with Gasteiger partial charge in [0.15, 0.2) is 0 Å². The molecule has 0 saturated heterocycles. The summed E-state index contributed by atoms with van der Waals surface area (Å²) in [5.41, 5.74) is 0. The molecule has 82 valence electrons. The van der Waals surface area contributed by atoms with Gasteiger partial charge in [-0.05, 0) is 6.92 Å². The van der Waals surface area contributed by atoms with Gasteiger partial charge in [0.1, 0.15) is 0 Å². The van der Waals surface area contributed by atoms with Crippen molar-refractivity contribution in [2.45, 2.75) is 6.92 Å². The molecule has 0 bridgehead atoms. The van der Waals surface area contributed by atoms with Crippen LogP contribution in [0.4, 0.5) is 0 Å². The Morgan fingerprint density at radius 2 is 1.62 bits per heavy atom. The zero-order valence-electron chi connectivity index (χ0n) is 9.23. The normalized spacial score (nSPS) is 15.6. The van der Waals surface area contributed by atoms with Gasteiger partial charge in [0.2, 0.25) is 0 Å². The molecule has 0 fully saturated rings. The van der Waals surface area contributed by atoms with E-state index in [0.29, 0.717) is 0 Å². The molecule has 6 heteroatoms. The average molecular weight is 213 g/mol. The molecule has 0 N–H and O–H groups in total. The smallest absolute Gasteiger partial charge is 0.267 e. The fourth-order valence-electron chi connectivity index (χ4n) is 0.211. The lowest BCUT2D eigenvalue weighted by Gasteiger charge is -2.18. The third-order valence-electron chi connectivity index (χ3n) is 0.511. The number of nitrogens with zero attached hydrogens (tertiary/aromatic N) is 1. The van der Waals surface area contributed by atoms with Crippen molar-refractivity contribution < 1.29 is 23.0 Å². The van der Waals surface area contributed by atoms with Gasteiger partial charge in [-0.2, -0.15) is 0 Å². The summed E-state index contributed by atoms with van der Waals surface area (Å²) in [7, 11) is 5.64. The predicted molar refractivity (Wildman–Crippen MR) is 50.2 cm³/mol. The first-order valence-corrected chi connectivity index (χ1v) is 5.38. The van der Waals surface area contributed by atoms with Crippen molar-refractivity contribution in [2.75, 3.05) is 41.9 Å². The van der Waals surface area contributed by atoms with Crippen LogP contribution >= 0.6 is 7.82 Å². The number of phosphoric acid groups is 1. The van der Waals surface area contributed by atoms with Crippen molar-refractivity contribution in [1.29, 1.82) is 0 Å². The lowest BCUT2D eigenvalue weighted by atomic mass is 10.8. The number of rotatable bonds is 3. The molecule has 0 saturated carbocycles. The van der Waals surface area contributed by atoms with Crippen LogP contribution in [0.2, 0.25) is 0 Å². The molecule has 0 aromatic rings. The summed E-state index contributed by atoms with van der Waals surface area (Å²) in [6, 6.07) is 0. The van der Waals surface area contributed by atoms with Gasteiger partial charge in [-0.3, -0.25) is 4.57 Å². The molecule has 0 aliphatic heterocycles. The second kappa shape index (κ2) is 6.51. The van der Waals surface area contributed by atoms with E-state index in [-0.39, 0.29) is 6.61 Å². The van der Waals surface area contributed by atoms with E-state index in [9.17, 15) is 9.46 Å². The van der Waals surface area contributed by atoms with Gasteiger partial charge >= 0.3 is 0 Å². The van der Waals surface area contributed by atoms with Gasteiger partial charge in [0.05, 0.1) is 34.8 Å². The molecule has 0 aliphatic carbocycles. The Bertz CT molecular complexity index is 160. The first kappa shape index (κ1) is 15.5. The quantitative estimate of drug-likeness (QED) is 0.505.